The molecule has 3 heterocycles. The van der Waals surface area contributed by atoms with Crippen molar-refractivity contribution in [3.8, 4) is 11.8 Å². The molecule has 2 atom stereocenters. The van der Waals surface area contributed by atoms with Gasteiger partial charge in [-0.25, -0.2) is 0 Å². The Bertz CT molecular complexity index is 1750. The van der Waals surface area contributed by atoms with Gasteiger partial charge in [-0.3, -0.25) is 19.2 Å². The fraction of sp³-hybridized carbons (Fsp3) is 0.250. The van der Waals surface area contributed by atoms with Gasteiger partial charge in [0, 0.05) is 42.0 Å². The van der Waals surface area contributed by atoms with Crippen LogP contribution in [0, 0.1) is 11.3 Å². The molecule has 1 aromatic heterocycles. The third-order valence-electron chi connectivity index (χ3n) is 8.09. The number of hydrogen-bond donors (Lipinski definition) is 2. The van der Waals surface area contributed by atoms with Gasteiger partial charge in [0.1, 0.15) is 11.8 Å². The summed E-state index contributed by atoms with van der Waals surface area (Å²) < 4.78 is 37.3. The molecular weight excluding hydrogens is 570 g/mol. The molecule has 0 saturated carbocycles. The summed E-state index contributed by atoms with van der Waals surface area (Å²) >= 11 is 0. The number of β-amino-alcohol motifs (C(OH)–C–C–N with tert-alkyl or cyclic N) is 1. The summed E-state index contributed by atoms with van der Waals surface area (Å²) in [6.45, 7) is 1.22. The van der Waals surface area contributed by atoms with Crippen LogP contribution >= 0.6 is 0 Å². The first-order valence-electron chi connectivity index (χ1n) is 13.9. The zero-order chi connectivity index (χ0) is 31.0. The van der Waals surface area contributed by atoms with Crippen LogP contribution < -0.4 is 15.0 Å². The minimum Gasteiger partial charge on any atom is -0.495 e. The Morgan fingerprint density at radius 1 is 1.09 bits per heavy atom. The molecule has 10 nitrogen and oxygen atoms in total. The highest BCUT2D eigenvalue weighted by atomic mass is 19.3. The number of halogens is 2. The Kier molecular flexibility index (Phi) is 7.59. The van der Waals surface area contributed by atoms with Crippen molar-refractivity contribution >= 4 is 23.2 Å². The number of hydrogen-bond acceptors (Lipinski definition) is 7. The number of anilines is 2. The second-order valence-corrected chi connectivity index (χ2v) is 10.6. The predicted molar refractivity (Wildman–Crippen MR) is 157 cm³/mol. The average molecular weight is 599 g/mol. The number of benzene rings is 3. The van der Waals surface area contributed by atoms with Crippen LogP contribution in [0.1, 0.15) is 43.6 Å². The van der Waals surface area contributed by atoms with Crippen molar-refractivity contribution in [3.05, 3.63) is 107 Å². The number of carbonyl (C=O) groups is 2. The molecule has 4 aromatic rings. The number of nitriles is 1. The zero-order valence-corrected chi connectivity index (χ0v) is 23.7. The van der Waals surface area contributed by atoms with Crippen LogP contribution in [0.5, 0.6) is 5.75 Å². The number of likely N-dealkylation sites (tertiary alicyclic amines) is 1. The molecule has 3 aromatic carbocycles. The second-order valence-electron chi connectivity index (χ2n) is 10.6. The van der Waals surface area contributed by atoms with Crippen LogP contribution in [0.2, 0.25) is 0 Å². The van der Waals surface area contributed by atoms with Crippen LogP contribution in [-0.4, -0.2) is 71.0 Å². The SMILES string of the molecule is COc1ccc(C(=O)Nc2cnn3c2C(=O)N(c2ccc(C(F)(F)c4ccccc4)cc2)[C@H]2CN(CCO)C[C@@H]23)cc1C#N. The van der Waals surface area contributed by atoms with Gasteiger partial charge in [0.15, 0.2) is 5.69 Å². The third-order valence-corrected chi connectivity index (χ3v) is 8.09. The van der Waals surface area contributed by atoms with Crippen molar-refractivity contribution in [1.29, 1.82) is 5.26 Å². The Hall–Kier alpha value is -5.12. The van der Waals surface area contributed by atoms with Crippen molar-refractivity contribution in [1.82, 2.24) is 14.7 Å². The number of nitrogens with one attached hydrogen (secondary N) is 1. The van der Waals surface area contributed by atoms with Crippen LogP contribution in [-0.2, 0) is 5.92 Å². The summed E-state index contributed by atoms with van der Waals surface area (Å²) in [6.07, 6.45) is 1.40. The van der Waals surface area contributed by atoms with E-state index in [1.807, 2.05) is 11.0 Å². The van der Waals surface area contributed by atoms with Crippen molar-refractivity contribution in [3.63, 3.8) is 0 Å². The number of rotatable bonds is 8. The van der Waals surface area contributed by atoms with Gasteiger partial charge in [-0.1, -0.05) is 42.5 Å². The summed E-state index contributed by atoms with van der Waals surface area (Å²) in [5.41, 5.74) is 0.742. The topological polar surface area (TPSA) is 124 Å². The number of methoxy groups -OCH3 is 1. The van der Waals surface area contributed by atoms with Gasteiger partial charge in [-0.2, -0.15) is 19.1 Å². The van der Waals surface area contributed by atoms with Crippen LogP contribution in [0.4, 0.5) is 20.2 Å². The molecule has 1 saturated heterocycles. The molecule has 0 radical (unpaired) electrons. The van der Waals surface area contributed by atoms with Gasteiger partial charge in [0.2, 0.25) is 0 Å². The molecular formula is C32H28F2N6O4. The highest BCUT2D eigenvalue weighted by Gasteiger charge is 2.48. The Balaban J connectivity index is 1.34. The molecule has 0 bridgehead atoms. The van der Waals surface area contributed by atoms with E-state index in [1.54, 1.807) is 27.8 Å². The van der Waals surface area contributed by atoms with Gasteiger partial charge < -0.3 is 20.1 Å². The smallest absolute Gasteiger partial charge is 0.298 e. The van der Waals surface area contributed by atoms with E-state index in [-0.39, 0.29) is 46.3 Å². The Labute approximate surface area is 251 Å². The molecule has 0 unspecified atom stereocenters. The number of nitrogens with zero attached hydrogens (tertiary/aromatic N) is 5. The van der Waals surface area contributed by atoms with Crippen LogP contribution in [0.25, 0.3) is 0 Å². The molecule has 12 heteroatoms. The van der Waals surface area contributed by atoms with Crippen molar-refractivity contribution < 1.29 is 28.2 Å². The molecule has 2 amide bonds. The van der Waals surface area contributed by atoms with E-state index >= 15 is 8.78 Å². The number of aliphatic hydroxyl groups excluding tert-OH is 1. The van der Waals surface area contributed by atoms with E-state index < -0.39 is 23.8 Å². The number of fused-ring (bicyclic) bond motifs is 3. The van der Waals surface area contributed by atoms with Crippen molar-refractivity contribution in [2.24, 2.45) is 0 Å². The first-order valence-corrected chi connectivity index (χ1v) is 13.9. The standard InChI is InChI=1S/C32H28F2N6O4/c1-44-28-12-7-20(15-21(28)16-35)30(42)37-25-17-36-40-27-19-38(13-14-41)18-26(27)39(31(43)29(25)40)24-10-8-23(9-11-24)32(33,34)22-5-3-2-4-6-22/h2-12,15,17,26-27,41H,13-14,18-19H2,1H3,(H,37,42)/t26-,27-/m0/s1. The number of alkyl halides is 2. The minimum absolute atomic E-state index is 0.0729. The number of carbonyl (C=O) groups excluding carboxylic acids is 2. The lowest BCUT2D eigenvalue weighted by molar-refractivity contribution is 0.0428. The van der Waals surface area contributed by atoms with E-state index in [9.17, 15) is 20.0 Å². The monoisotopic (exact) mass is 598 g/mol. The summed E-state index contributed by atoms with van der Waals surface area (Å²) in [7, 11) is 1.42. The normalized spacial score (nSPS) is 18.0. The number of aliphatic hydroxyl groups is 1. The molecule has 1 fully saturated rings. The van der Waals surface area contributed by atoms with E-state index in [2.05, 4.69) is 10.4 Å². The largest absolute Gasteiger partial charge is 0.495 e. The first-order chi connectivity index (χ1) is 21.3. The van der Waals surface area contributed by atoms with Crippen molar-refractivity contribution in [2.75, 3.05) is 43.6 Å². The van der Waals surface area contributed by atoms with Crippen LogP contribution in [0.15, 0.2) is 79.0 Å². The molecule has 2 aliphatic heterocycles. The summed E-state index contributed by atoms with van der Waals surface area (Å²) in [5.74, 6) is -3.92. The maximum atomic E-state index is 15.3. The third kappa shape index (κ3) is 4.96. The fourth-order valence-corrected chi connectivity index (χ4v) is 5.93. The van der Waals surface area contributed by atoms with E-state index in [4.69, 9.17) is 4.74 Å². The quantitative estimate of drug-likeness (QED) is 0.314. The Morgan fingerprint density at radius 2 is 1.80 bits per heavy atom. The molecule has 2 N–H and O–H groups in total. The Morgan fingerprint density at radius 3 is 2.48 bits per heavy atom. The summed E-state index contributed by atoms with van der Waals surface area (Å²) in [5, 5.41) is 26.2. The first kappa shape index (κ1) is 29.0. The van der Waals surface area contributed by atoms with Gasteiger partial charge in [0.05, 0.1) is 43.2 Å². The van der Waals surface area contributed by atoms with Crippen LogP contribution in [0.3, 0.4) is 0 Å². The average Bonchev–Trinajstić information content (AvgIpc) is 3.66. The van der Waals surface area contributed by atoms with Gasteiger partial charge >= 0.3 is 0 Å². The molecule has 2 aliphatic rings. The maximum absolute atomic E-state index is 15.3. The van der Waals surface area contributed by atoms with Gasteiger partial charge in [-0.15, -0.1) is 0 Å². The van der Waals surface area contributed by atoms with Crippen molar-refractivity contribution in [2.45, 2.75) is 18.0 Å². The highest BCUT2D eigenvalue weighted by Crippen LogP contribution is 2.40. The predicted octanol–water partition coefficient (Wildman–Crippen LogP) is 4.03. The molecule has 0 aliphatic carbocycles. The number of aromatic nitrogens is 2. The van der Waals surface area contributed by atoms with E-state index in [0.717, 1.165) is 0 Å². The summed E-state index contributed by atoms with van der Waals surface area (Å²) in [4.78, 5) is 30.9. The minimum atomic E-state index is -3.23. The molecule has 224 valence electrons. The number of amides is 2. The highest BCUT2D eigenvalue weighted by molar-refractivity contribution is 6.13. The van der Waals surface area contributed by atoms with E-state index in [1.165, 1.54) is 67.9 Å². The zero-order valence-electron chi connectivity index (χ0n) is 23.7. The number of ether oxygens (including phenoxy) is 1. The van der Waals surface area contributed by atoms with E-state index in [0.29, 0.717) is 31.1 Å². The van der Waals surface area contributed by atoms with Gasteiger partial charge in [0.25, 0.3) is 17.7 Å². The fourth-order valence-electron chi connectivity index (χ4n) is 5.93. The second kappa shape index (κ2) is 11.5. The molecule has 0 spiro atoms. The molecule has 6 rings (SSSR count). The molecule has 44 heavy (non-hydrogen) atoms. The maximum Gasteiger partial charge on any atom is 0.298 e. The lowest BCUT2D eigenvalue weighted by Gasteiger charge is -2.37. The summed E-state index contributed by atoms with van der Waals surface area (Å²) in [6, 6.07) is 18.8. The lowest BCUT2D eigenvalue weighted by atomic mass is 9.99. The van der Waals surface area contributed by atoms with Gasteiger partial charge in [-0.05, 0) is 30.3 Å². The lowest BCUT2D eigenvalue weighted by Crippen LogP contribution is -2.51.